The molecule has 192 valence electrons. The maximum atomic E-state index is 14.2. The number of halogens is 3. The van der Waals surface area contributed by atoms with E-state index in [0.717, 1.165) is 26.7 Å². The number of anilines is 1. The normalized spacial score (nSPS) is 15.2. The van der Waals surface area contributed by atoms with E-state index in [9.17, 15) is 22.0 Å². The first kappa shape index (κ1) is 25.7. The van der Waals surface area contributed by atoms with Crippen molar-refractivity contribution in [2.45, 2.75) is 24.3 Å². The fourth-order valence-corrected chi connectivity index (χ4v) is 7.09. The average molecular weight is 563 g/mol. The Hall–Kier alpha value is -2.99. The molecule has 1 fully saturated rings. The number of hydrogen-bond donors (Lipinski definition) is 0. The van der Waals surface area contributed by atoms with Crippen LogP contribution in [0.25, 0.3) is 10.2 Å². The van der Waals surface area contributed by atoms with Crippen molar-refractivity contribution in [3.63, 3.8) is 0 Å². The lowest BCUT2D eigenvalue weighted by molar-refractivity contribution is -0.123. The second-order valence-corrected chi connectivity index (χ2v) is 12.0. The monoisotopic (exact) mass is 562 g/mol. The number of sulfonamides is 1. The van der Waals surface area contributed by atoms with Gasteiger partial charge < -0.3 is 0 Å². The molecule has 4 aromatic rings. The molecular weight excluding hydrogens is 542 g/mol. The lowest BCUT2D eigenvalue weighted by Gasteiger charge is -2.33. The van der Waals surface area contributed by atoms with Gasteiger partial charge in [-0.2, -0.15) is 4.31 Å². The van der Waals surface area contributed by atoms with Crippen LogP contribution in [0.15, 0.2) is 65.8 Å². The van der Waals surface area contributed by atoms with Crippen molar-refractivity contribution in [3.05, 3.63) is 83.1 Å². The Balaban J connectivity index is 1.38. The first-order chi connectivity index (χ1) is 17.7. The molecule has 1 aliphatic rings. The van der Waals surface area contributed by atoms with Gasteiger partial charge >= 0.3 is 0 Å². The Morgan fingerprint density at radius 3 is 2.65 bits per heavy atom. The Kier molecular flexibility index (Phi) is 7.21. The summed E-state index contributed by atoms with van der Waals surface area (Å²) in [5.74, 6) is -2.52. The molecule has 7 nitrogen and oxygen atoms in total. The lowest BCUT2D eigenvalue weighted by atomic mass is 9.96. The zero-order valence-electron chi connectivity index (χ0n) is 19.4. The average Bonchev–Trinajstić information content (AvgIpc) is 3.32. The molecule has 12 heteroatoms. The molecule has 0 aliphatic carbocycles. The number of amides is 1. The van der Waals surface area contributed by atoms with E-state index in [1.54, 1.807) is 41.6 Å². The van der Waals surface area contributed by atoms with E-state index in [-0.39, 0.29) is 38.4 Å². The summed E-state index contributed by atoms with van der Waals surface area (Å²) in [5.41, 5.74) is 1.53. The highest BCUT2D eigenvalue weighted by Crippen LogP contribution is 2.34. The molecule has 0 saturated carbocycles. The van der Waals surface area contributed by atoms with Crippen molar-refractivity contribution in [2.75, 3.05) is 18.0 Å². The second-order valence-electron chi connectivity index (χ2n) is 8.65. The molecule has 1 saturated heterocycles. The van der Waals surface area contributed by atoms with Crippen molar-refractivity contribution in [2.24, 2.45) is 5.92 Å². The van der Waals surface area contributed by atoms with Gasteiger partial charge in [0.2, 0.25) is 15.9 Å². The Labute approximate surface area is 221 Å². The van der Waals surface area contributed by atoms with E-state index in [2.05, 4.69) is 9.97 Å². The number of nitrogens with zero attached hydrogens (tertiary/aromatic N) is 4. The van der Waals surface area contributed by atoms with Gasteiger partial charge in [-0.25, -0.2) is 22.2 Å². The van der Waals surface area contributed by atoms with Crippen molar-refractivity contribution in [3.8, 4) is 0 Å². The number of carbonyl (C=O) groups excluding carboxylic acids is 1. The van der Waals surface area contributed by atoms with Gasteiger partial charge in [-0.15, -0.1) is 0 Å². The Bertz CT molecular complexity index is 1560. The Morgan fingerprint density at radius 1 is 1.14 bits per heavy atom. The van der Waals surface area contributed by atoms with Gasteiger partial charge in [-0.05, 0) is 60.9 Å². The highest BCUT2D eigenvalue weighted by molar-refractivity contribution is 7.89. The van der Waals surface area contributed by atoms with Gasteiger partial charge in [-0.1, -0.05) is 29.0 Å². The van der Waals surface area contributed by atoms with Crippen LogP contribution >= 0.6 is 22.9 Å². The summed E-state index contributed by atoms with van der Waals surface area (Å²) in [7, 11) is -4.24. The molecule has 37 heavy (non-hydrogen) atoms. The topological polar surface area (TPSA) is 83.5 Å². The van der Waals surface area contributed by atoms with Crippen molar-refractivity contribution < 1.29 is 22.0 Å². The standard InChI is InChI=1S/C25H21ClF2N4O3S2/c26-18-3-6-21-22(12-18)36-25(30-21)32(15-16-2-1-9-29-14-16)24(33)17-7-10-31(11-8-17)37(34,35)23-13-19(27)4-5-20(23)28/h1-6,9,12-14,17H,7-8,10-11,15H2. The third-order valence-corrected chi connectivity index (χ3v) is 9.40. The first-order valence-electron chi connectivity index (χ1n) is 11.4. The molecule has 3 heterocycles. The summed E-state index contributed by atoms with van der Waals surface area (Å²) in [5, 5.41) is 1.07. The minimum atomic E-state index is -4.24. The van der Waals surface area contributed by atoms with Gasteiger partial charge in [0.05, 0.1) is 16.8 Å². The number of fused-ring (bicyclic) bond motifs is 1. The SMILES string of the molecule is O=C(C1CCN(S(=O)(=O)c2cc(F)ccc2F)CC1)N(Cc1cccnc1)c1nc2ccc(Cl)cc2s1. The number of benzene rings is 2. The highest BCUT2D eigenvalue weighted by Gasteiger charge is 2.36. The van der Waals surface area contributed by atoms with Crippen LogP contribution in [0.2, 0.25) is 5.02 Å². The van der Waals surface area contributed by atoms with Crippen LogP contribution in [-0.4, -0.2) is 41.7 Å². The molecule has 5 rings (SSSR count). The molecular formula is C25H21ClF2N4O3S2. The quantitative estimate of drug-likeness (QED) is 0.320. The summed E-state index contributed by atoms with van der Waals surface area (Å²) < 4.78 is 55.7. The molecule has 0 atom stereocenters. The number of rotatable bonds is 6. The zero-order valence-corrected chi connectivity index (χ0v) is 21.7. The van der Waals surface area contributed by atoms with E-state index in [4.69, 9.17) is 11.6 Å². The maximum Gasteiger partial charge on any atom is 0.246 e. The minimum Gasteiger partial charge on any atom is -0.283 e. The van der Waals surface area contributed by atoms with Crippen LogP contribution in [0.4, 0.5) is 13.9 Å². The fraction of sp³-hybridized carbons (Fsp3) is 0.240. The third kappa shape index (κ3) is 5.35. The van der Waals surface area contributed by atoms with E-state index < -0.39 is 32.5 Å². The summed E-state index contributed by atoms with van der Waals surface area (Å²) >= 11 is 7.47. The second kappa shape index (κ2) is 10.4. The number of thiazole rings is 1. The highest BCUT2D eigenvalue weighted by atomic mass is 35.5. The van der Waals surface area contributed by atoms with Crippen LogP contribution in [0.1, 0.15) is 18.4 Å². The first-order valence-corrected chi connectivity index (χ1v) is 14.1. The van der Waals surface area contributed by atoms with Crippen molar-refractivity contribution in [1.82, 2.24) is 14.3 Å². The van der Waals surface area contributed by atoms with Crippen molar-refractivity contribution >= 4 is 54.2 Å². The smallest absolute Gasteiger partial charge is 0.246 e. The number of pyridine rings is 1. The van der Waals surface area contributed by atoms with Crippen LogP contribution in [-0.2, 0) is 21.4 Å². The molecule has 0 N–H and O–H groups in total. The van der Waals surface area contributed by atoms with Crippen molar-refractivity contribution in [1.29, 1.82) is 0 Å². The Morgan fingerprint density at radius 2 is 1.92 bits per heavy atom. The van der Waals surface area contributed by atoms with Gasteiger partial charge in [0.25, 0.3) is 0 Å². The number of hydrogen-bond acceptors (Lipinski definition) is 6. The molecule has 0 spiro atoms. The van der Waals surface area contributed by atoms with Crippen LogP contribution < -0.4 is 4.90 Å². The van der Waals surface area contributed by atoms with E-state index in [1.807, 2.05) is 6.07 Å². The van der Waals surface area contributed by atoms with Gasteiger partial charge in [-0.3, -0.25) is 14.7 Å². The largest absolute Gasteiger partial charge is 0.283 e. The van der Waals surface area contributed by atoms with Gasteiger partial charge in [0.1, 0.15) is 16.5 Å². The van der Waals surface area contributed by atoms with Gasteiger partial charge in [0, 0.05) is 36.4 Å². The minimum absolute atomic E-state index is 0.00484. The molecule has 1 aliphatic heterocycles. The summed E-state index contributed by atoms with van der Waals surface area (Å²) in [6.45, 7) is 0.253. The van der Waals surface area contributed by atoms with Crippen LogP contribution in [0, 0.1) is 17.6 Å². The molecule has 2 aromatic carbocycles. The lowest BCUT2D eigenvalue weighted by Crippen LogP contribution is -2.44. The predicted molar refractivity (Wildman–Crippen MR) is 138 cm³/mol. The summed E-state index contributed by atoms with van der Waals surface area (Å²) in [6.07, 6.45) is 3.78. The third-order valence-electron chi connectivity index (χ3n) is 6.21. The van der Waals surface area contributed by atoms with E-state index in [0.29, 0.717) is 21.7 Å². The molecule has 0 unspecified atom stereocenters. The molecule has 0 radical (unpaired) electrons. The number of carbonyl (C=O) groups is 1. The summed E-state index contributed by atoms with van der Waals surface area (Å²) in [6, 6.07) is 11.3. The van der Waals surface area contributed by atoms with E-state index >= 15 is 0 Å². The molecule has 0 bridgehead atoms. The van der Waals surface area contributed by atoms with Crippen LogP contribution in [0.5, 0.6) is 0 Å². The van der Waals surface area contributed by atoms with Crippen LogP contribution in [0.3, 0.4) is 0 Å². The van der Waals surface area contributed by atoms with Gasteiger partial charge in [0.15, 0.2) is 5.13 Å². The number of piperidine rings is 1. The predicted octanol–water partition coefficient (Wildman–Crippen LogP) is 5.26. The molecule has 2 aromatic heterocycles. The van der Waals surface area contributed by atoms with E-state index in [1.165, 1.54) is 11.3 Å². The zero-order chi connectivity index (χ0) is 26.2. The number of aromatic nitrogens is 2. The fourth-order valence-electron chi connectivity index (χ4n) is 4.29. The molecule has 1 amide bonds. The summed E-state index contributed by atoms with van der Waals surface area (Å²) in [4.78, 5) is 23.4. The maximum absolute atomic E-state index is 14.2.